The quantitative estimate of drug-likeness (QED) is 0.493. The Morgan fingerprint density at radius 2 is 1.78 bits per heavy atom. The van der Waals surface area contributed by atoms with Gasteiger partial charge in [-0.05, 0) is 56.2 Å². The van der Waals surface area contributed by atoms with Crippen LogP contribution in [0.1, 0.15) is 56.4 Å². The maximum Gasteiger partial charge on any atom is 0.223 e. The number of rotatable bonds is 5. The van der Waals surface area contributed by atoms with E-state index in [0.717, 1.165) is 55.4 Å². The number of guanidine groups is 1. The molecule has 27 heavy (non-hydrogen) atoms. The number of carbonyl (C=O) groups is 1. The van der Waals surface area contributed by atoms with E-state index in [4.69, 9.17) is 0 Å². The molecule has 4 atom stereocenters. The van der Waals surface area contributed by atoms with E-state index in [0.29, 0.717) is 24.0 Å². The standard InChI is InChI=1S/C21H29BrN4O/c1-23-21(26-19-12-18(19)13-5-7-15(22)8-6-13)25-17-4-2-3-14(11-17)20(27)24-16-9-10-16/h5-8,14,16-19H,2-4,9-12H2,1H3,(H,24,27)(H2,23,25,26). The maximum atomic E-state index is 12.4. The SMILES string of the molecule is CN=C(NC1CCCC(C(=O)NC2CC2)C1)NC1CC1c1ccc(Br)cc1. The normalized spacial score (nSPS) is 30.5. The molecule has 3 aliphatic rings. The summed E-state index contributed by atoms with van der Waals surface area (Å²) in [6.07, 6.45) is 7.56. The molecule has 1 amide bonds. The molecule has 3 N–H and O–H groups in total. The Hall–Kier alpha value is -1.56. The zero-order chi connectivity index (χ0) is 18.8. The molecule has 0 saturated heterocycles. The van der Waals surface area contributed by atoms with Gasteiger partial charge in [0.25, 0.3) is 0 Å². The average molecular weight is 433 g/mol. The lowest BCUT2D eigenvalue weighted by molar-refractivity contribution is -0.126. The van der Waals surface area contributed by atoms with Crippen LogP contribution < -0.4 is 16.0 Å². The largest absolute Gasteiger partial charge is 0.354 e. The molecule has 0 radical (unpaired) electrons. The van der Waals surface area contributed by atoms with E-state index in [9.17, 15) is 4.79 Å². The number of hydrogen-bond acceptors (Lipinski definition) is 2. The number of hydrogen-bond donors (Lipinski definition) is 3. The Morgan fingerprint density at radius 3 is 2.48 bits per heavy atom. The van der Waals surface area contributed by atoms with Crippen molar-refractivity contribution in [3.63, 3.8) is 0 Å². The van der Waals surface area contributed by atoms with Crippen LogP contribution in [0.5, 0.6) is 0 Å². The third-order valence-electron chi connectivity index (χ3n) is 5.94. The van der Waals surface area contributed by atoms with Crippen molar-refractivity contribution in [2.45, 2.75) is 69.0 Å². The number of aliphatic imine (C=N–C) groups is 1. The van der Waals surface area contributed by atoms with Gasteiger partial charge in [-0.1, -0.05) is 34.5 Å². The number of carbonyl (C=O) groups excluding carboxylic acids is 1. The van der Waals surface area contributed by atoms with Crippen LogP contribution in [0.25, 0.3) is 0 Å². The smallest absolute Gasteiger partial charge is 0.223 e. The molecule has 6 heteroatoms. The monoisotopic (exact) mass is 432 g/mol. The summed E-state index contributed by atoms with van der Waals surface area (Å²) in [5.41, 5.74) is 1.38. The second-order valence-corrected chi connectivity index (χ2v) is 9.12. The lowest BCUT2D eigenvalue weighted by Gasteiger charge is -2.30. The third kappa shape index (κ3) is 5.03. The van der Waals surface area contributed by atoms with Crippen LogP contribution in [0.4, 0.5) is 0 Å². The Labute approximate surface area is 169 Å². The van der Waals surface area contributed by atoms with Crippen LogP contribution in [-0.4, -0.2) is 37.0 Å². The summed E-state index contributed by atoms with van der Waals surface area (Å²) in [5, 5.41) is 10.3. The molecule has 1 aromatic rings. The minimum Gasteiger partial charge on any atom is -0.354 e. The summed E-state index contributed by atoms with van der Waals surface area (Å²) < 4.78 is 1.12. The minimum absolute atomic E-state index is 0.145. The highest BCUT2D eigenvalue weighted by molar-refractivity contribution is 9.10. The first-order valence-electron chi connectivity index (χ1n) is 10.2. The average Bonchev–Trinajstić information content (AvgIpc) is 3.59. The van der Waals surface area contributed by atoms with Gasteiger partial charge in [-0.3, -0.25) is 9.79 Å². The molecule has 0 spiro atoms. The fourth-order valence-electron chi connectivity index (χ4n) is 4.08. The van der Waals surface area contributed by atoms with Gasteiger partial charge in [-0.15, -0.1) is 0 Å². The van der Waals surface area contributed by atoms with Crippen LogP contribution in [0.3, 0.4) is 0 Å². The molecule has 3 aliphatic carbocycles. The van der Waals surface area contributed by atoms with Crippen molar-refractivity contribution < 1.29 is 4.79 Å². The van der Waals surface area contributed by atoms with Crippen molar-refractivity contribution in [3.05, 3.63) is 34.3 Å². The summed E-state index contributed by atoms with van der Waals surface area (Å²) >= 11 is 3.49. The van der Waals surface area contributed by atoms with E-state index in [2.05, 4.69) is 61.1 Å². The van der Waals surface area contributed by atoms with Crippen molar-refractivity contribution in [1.29, 1.82) is 0 Å². The van der Waals surface area contributed by atoms with Gasteiger partial charge in [0, 0.05) is 41.5 Å². The molecular formula is C21H29BrN4O. The van der Waals surface area contributed by atoms with Crippen LogP contribution in [0.15, 0.2) is 33.7 Å². The summed E-state index contributed by atoms with van der Waals surface area (Å²) in [6.45, 7) is 0. The van der Waals surface area contributed by atoms with Gasteiger partial charge < -0.3 is 16.0 Å². The van der Waals surface area contributed by atoms with Crippen LogP contribution in [0, 0.1) is 5.92 Å². The highest BCUT2D eigenvalue weighted by atomic mass is 79.9. The molecule has 3 saturated carbocycles. The van der Waals surface area contributed by atoms with Crippen LogP contribution in [-0.2, 0) is 4.79 Å². The number of benzene rings is 1. The fourth-order valence-corrected chi connectivity index (χ4v) is 4.34. The second kappa shape index (κ2) is 8.21. The molecule has 0 heterocycles. The summed E-state index contributed by atoms with van der Waals surface area (Å²) in [6, 6.07) is 9.80. The van der Waals surface area contributed by atoms with Gasteiger partial charge in [0.2, 0.25) is 5.91 Å². The first kappa shape index (κ1) is 18.8. The summed E-state index contributed by atoms with van der Waals surface area (Å²) in [7, 11) is 1.83. The highest BCUT2D eigenvalue weighted by Crippen LogP contribution is 2.41. The van der Waals surface area contributed by atoms with Crippen LogP contribution in [0.2, 0.25) is 0 Å². The summed E-state index contributed by atoms with van der Waals surface area (Å²) in [5.74, 6) is 1.82. The number of amides is 1. The molecule has 5 nitrogen and oxygen atoms in total. The van der Waals surface area contributed by atoms with E-state index in [1.165, 1.54) is 5.56 Å². The van der Waals surface area contributed by atoms with Gasteiger partial charge >= 0.3 is 0 Å². The Bertz CT molecular complexity index is 701. The Balaban J connectivity index is 1.26. The van der Waals surface area contributed by atoms with Gasteiger partial charge in [0.15, 0.2) is 5.96 Å². The first-order valence-corrected chi connectivity index (χ1v) is 11.0. The lowest BCUT2D eigenvalue weighted by Crippen LogP contribution is -2.47. The topological polar surface area (TPSA) is 65.5 Å². The molecule has 0 aliphatic heterocycles. The molecule has 4 rings (SSSR count). The predicted octanol–water partition coefficient (Wildman–Crippen LogP) is 3.31. The third-order valence-corrected chi connectivity index (χ3v) is 6.47. The number of nitrogens with zero attached hydrogens (tertiary/aromatic N) is 1. The predicted molar refractivity (Wildman–Crippen MR) is 112 cm³/mol. The van der Waals surface area contributed by atoms with Crippen molar-refractivity contribution in [1.82, 2.24) is 16.0 Å². The van der Waals surface area contributed by atoms with Gasteiger partial charge in [0.05, 0.1) is 0 Å². The van der Waals surface area contributed by atoms with Crippen molar-refractivity contribution in [2.75, 3.05) is 7.05 Å². The number of nitrogens with one attached hydrogen (secondary N) is 3. The van der Waals surface area contributed by atoms with Crippen LogP contribution >= 0.6 is 15.9 Å². The molecule has 3 fully saturated rings. The Morgan fingerprint density at radius 1 is 1.00 bits per heavy atom. The fraction of sp³-hybridized carbons (Fsp3) is 0.619. The lowest BCUT2D eigenvalue weighted by atomic mass is 9.85. The zero-order valence-electron chi connectivity index (χ0n) is 15.9. The van der Waals surface area contributed by atoms with E-state index in [1.54, 1.807) is 0 Å². The molecule has 4 unspecified atom stereocenters. The molecule has 146 valence electrons. The van der Waals surface area contributed by atoms with Crippen molar-refractivity contribution >= 4 is 27.8 Å². The van der Waals surface area contributed by atoms with Crippen molar-refractivity contribution in [2.24, 2.45) is 10.9 Å². The molecule has 1 aromatic carbocycles. The van der Waals surface area contributed by atoms with Crippen molar-refractivity contribution in [3.8, 4) is 0 Å². The maximum absolute atomic E-state index is 12.4. The minimum atomic E-state index is 0.145. The van der Waals surface area contributed by atoms with E-state index in [-0.39, 0.29) is 11.8 Å². The molecule has 0 bridgehead atoms. The molecular weight excluding hydrogens is 404 g/mol. The first-order chi connectivity index (χ1) is 13.1. The van der Waals surface area contributed by atoms with Gasteiger partial charge in [0.1, 0.15) is 0 Å². The number of halogens is 1. The van der Waals surface area contributed by atoms with Gasteiger partial charge in [-0.25, -0.2) is 0 Å². The molecule has 0 aromatic heterocycles. The zero-order valence-corrected chi connectivity index (χ0v) is 17.5. The van der Waals surface area contributed by atoms with E-state index in [1.807, 2.05) is 7.05 Å². The van der Waals surface area contributed by atoms with E-state index < -0.39 is 0 Å². The van der Waals surface area contributed by atoms with E-state index >= 15 is 0 Å². The highest BCUT2D eigenvalue weighted by Gasteiger charge is 2.39. The Kier molecular flexibility index (Phi) is 5.71. The van der Waals surface area contributed by atoms with Gasteiger partial charge in [-0.2, -0.15) is 0 Å². The summed E-state index contributed by atoms with van der Waals surface area (Å²) in [4.78, 5) is 16.8. The second-order valence-electron chi connectivity index (χ2n) is 8.20.